The van der Waals surface area contributed by atoms with Crippen LogP contribution in [0.25, 0.3) is 0 Å². The topological polar surface area (TPSA) is 26.3 Å². The Bertz CT molecular complexity index is 297. The lowest BCUT2D eigenvalue weighted by molar-refractivity contribution is -0.154. The number of rotatable bonds is 1. The van der Waals surface area contributed by atoms with Gasteiger partial charge < -0.3 is 4.74 Å². The highest BCUT2D eigenvalue weighted by Gasteiger charge is 2.47. The van der Waals surface area contributed by atoms with E-state index in [0.717, 1.165) is 19.3 Å². The molecule has 4 atom stereocenters. The Kier molecular flexibility index (Phi) is 2.80. The molecular weight excluding hydrogens is 200 g/mol. The van der Waals surface area contributed by atoms with Crippen molar-refractivity contribution >= 4 is 5.97 Å². The van der Waals surface area contributed by atoms with E-state index >= 15 is 0 Å². The average molecular weight is 224 g/mol. The fourth-order valence-electron chi connectivity index (χ4n) is 3.96. The van der Waals surface area contributed by atoms with Crippen LogP contribution < -0.4 is 0 Å². The smallest absolute Gasteiger partial charge is 0.308 e. The summed E-state index contributed by atoms with van der Waals surface area (Å²) < 4.78 is 5.62. The monoisotopic (exact) mass is 224 g/mol. The van der Waals surface area contributed by atoms with E-state index in [1.54, 1.807) is 0 Å². The summed E-state index contributed by atoms with van der Waals surface area (Å²) >= 11 is 0. The molecule has 0 aromatic carbocycles. The largest absolute Gasteiger partial charge is 0.462 e. The van der Waals surface area contributed by atoms with Crippen molar-refractivity contribution in [2.75, 3.05) is 0 Å². The minimum atomic E-state index is 0.0223. The van der Waals surface area contributed by atoms with Gasteiger partial charge in [-0.3, -0.25) is 4.79 Å². The van der Waals surface area contributed by atoms with Gasteiger partial charge in [-0.15, -0.1) is 0 Å². The molecule has 4 unspecified atom stereocenters. The van der Waals surface area contributed by atoms with Crippen LogP contribution in [0.2, 0.25) is 0 Å². The van der Waals surface area contributed by atoms with Gasteiger partial charge in [-0.1, -0.05) is 34.1 Å². The molecule has 0 radical (unpaired) electrons. The molecule has 0 aromatic rings. The Morgan fingerprint density at radius 2 is 2.00 bits per heavy atom. The summed E-state index contributed by atoms with van der Waals surface area (Å²) in [6.45, 7) is 8.95. The maximum Gasteiger partial charge on any atom is 0.308 e. The van der Waals surface area contributed by atoms with Gasteiger partial charge in [0, 0.05) is 0 Å². The van der Waals surface area contributed by atoms with Crippen LogP contribution in [0.15, 0.2) is 0 Å². The van der Waals surface area contributed by atoms with Gasteiger partial charge in [-0.05, 0) is 36.5 Å². The molecule has 92 valence electrons. The molecule has 2 aliphatic rings. The van der Waals surface area contributed by atoms with Crippen molar-refractivity contribution in [2.45, 2.75) is 65.9 Å². The molecule has 2 fully saturated rings. The number of carbonyl (C=O) groups is 1. The Morgan fingerprint density at radius 1 is 1.31 bits per heavy atom. The molecule has 1 aliphatic heterocycles. The number of esters is 1. The molecule has 0 amide bonds. The fourth-order valence-corrected chi connectivity index (χ4v) is 3.96. The summed E-state index contributed by atoms with van der Waals surface area (Å²) in [6, 6.07) is 0. The highest BCUT2D eigenvalue weighted by atomic mass is 16.5. The van der Waals surface area contributed by atoms with Crippen LogP contribution in [0.5, 0.6) is 0 Å². The summed E-state index contributed by atoms with van der Waals surface area (Å²) in [7, 11) is 0. The molecule has 1 saturated carbocycles. The Balaban J connectivity index is 2.26. The van der Waals surface area contributed by atoms with E-state index in [4.69, 9.17) is 4.74 Å². The summed E-state index contributed by atoms with van der Waals surface area (Å²) in [5.74, 6) is 0.100. The second-order valence-corrected chi connectivity index (χ2v) is 6.72. The third-order valence-electron chi connectivity index (χ3n) is 4.63. The van der Waals surface area contributed by atoms with Gasteiger partial charge in [0.1, 0.15) is 6.10 Å². The highest BCUT2D eigenvalue weighted by Crippen LogP contribution is 2.53. The number of fused-ring (bicyclic) bond motifs is 2. The molecule has 1 saturated heterocycles. The lowest BCUT2D eigenvalue weighted by Crippen LogP contribution is -2.39. The van der Waals surface area contributed by atoms with Crippen LogP contribution in [0.1, 0.15) is 59.8 Å². The number of hydrogen-bond acceptors (Lipinski definition) is 2. The van der Waals surface area contributed by atoms with Crippen molar-refractivity contribution in [3.8, 4) is 0 Å². The van der Waals surface area contributed by atoms with Crippen molar-refractivity contribution in [1.29, 1.82) is 0 Å². The van der Waals surface area contributed by atoms with Gasteiger partial charge in [-0.2, -0.15) is 0 Å². The molecule has 0 N–H and O–H groups in total. The van der Waals surface area contributed by atoms with Gasteiger partial charge in [0.2, 0.25) is 0 Å². The maximum atomic E-state index is 11.8. The zero-order valence-electron chi connectivity index (χ0n) is 11.0. The first-order valence-corrected chi connectivity index (χ1v) is 6.56. The second-order valence-electron chi connectivity index (χ2n) is 6.72. The van der Waals surface area contributed by atoms with Gasteiger partial charge in [-0.25, -0.2) is 0 Å². The predicted molar refractivity (Wildman–Crippen MR) is 64.0 cm³/mol. The summed E-state index contributed by atoms with van der Waals surface area (Å²) in [4.78, 5) is 11.8. The maximum absolute atomic E-state index is 11.8. The molecule has 0 spiro atoms. The second kappa shape index (κ2) is 3.75. The molecule has 2 nitrogen and oxygen atoms in total. The lowest BCUT2D eigenvalue weighted by Gasteiger charge is -2.46. The average Bonchev–Trinajstić information content (AvgIpc) is 2.21. The Labute approximate surface area is 98.7 Å². The minimum absolute atomic E-state index is 0.0223. The molecule has 16 heavy (non-hydrogen) atoms. The normalized spacial score (nSPS) is 48.4. The summed E-state index contributed by atoms with van der Waals surface area (Å²) in [5.41, 5.74) is 0.668. The van der Waals surface area contributed by atoms with Gasteiger partial charge in [0.05, 0.1) is 5.92 Å². The van der Waals surface area contributed by atoms with Gasteiger partial charge in [0.15, 0.2) is 0 Å². The SMILES string of the molecule is CCC1(C)CC2CC(C)(CC(C)C(=O)O2)C1. The van der Waals surface area contributed by atoms with Crippen molar-refractivity contribution < 1.29 is 9.53 Å². The summed E-state index contributed by atoms with van der Waals surface area (Å²) in [6.07, 6.45) is 5.72. The zero-order valence-corrected chi connectivity index (χ0v) is 11.0. The number of carbonyl (C=O) groups excluding carboxylic acids is 1. The Morgan fingerprint density at radius 3 is 2.62 bits per heavy atom. The third kappa shape index (κ3) is 2.11. The van der Waals surface area contributed by atoms with Gasteiger partial charge >= 0.3 is 5.97 Å². The van der Waals surface area contributed by atoms with Gasteiger partial charge in [0.25, 0.3) is 0 Å². The van der Waals surface area contributed by atoms with Crippen molar-refractivity contribution in [3.63, 3.8) is 0 Å². The highest BCUT2D eigenvalue weighted by molar-refractivity contribution is 5.72. The first-order valence-electron chi connectivity index (χ1n) is 6.56. The van der Waals surface area contributed by atoms with E-state index < -0.39 is 0 Å². The van der Waals surface area contributed by atoms with Crippen LogP contribution >= 0.6 is 0 Å². The molecule has 1 aliphatic carbocycles. The van der Waals surface area contributed by atoms with E-state index in [-0.39, 0.29) is 18.0 Å². The van der Waals surface area contributed by atoms with Crippen molar-refractivity contribution in [3.05, 3.63) is 0 Å². The minimum Gasteiger partial charge on any atom is -0.462 e. The number of hydrogen-bond donors (Lipinski definition) is 0. The molecule has 2 heteroatoms. The van der Waals surface area contributed by atoms with Crippen LogP contribution in [0.4, 0.5) is 0 Å². The lowest BCUT2D eigenvalue weighted by atomic mass is 9.60. The van der Waals surface area contributed by atoms with E-state index in [2.05, 4.69) is 20.8 Å². The standard InChI is InChI=1S/C14H24O2/c1-5-13(3)7-11-8-14(4,9-13)6-10(2)12(15)16-11/h10-11H,5-9H2,1-4H3. The zero-order chi connectivity index (χ0) is 12.0. The van der Waals surface area contributed by atoms with E-state index in [1.165, 1.54) is 12.8 Å². The Hall–Kier alpha value is -0.530. The van der Waals surface area contributed by atoms with E-state index in [1.807, 2.05) is 6.92 Å². The molecule has 1 heterocycles. The third-order valence-corrected chi connectivity index (χ3v) is 4.63. The molecule has 0 aromatic heterocycles. The van der Waals surface area contributed by atoms with E-state index in [9.17, 15) is 4.79 Å². The van der Waals surface area contributed by atoms with Crippen molar-refractivity contribution in [1.82, 2.24) is 0 Å². The molecule has 2 rings (SSSR count). The first kappa shape index (κ1) is 11.9. The van der Waals surface area contributed by atoms with Crippen molar-refractivity contribution in [2.24, 2.45) is 16.7 Å². The predicted octanol–water partition coefficient (Wildman–Crippen LogP) is 3.54. The van der Waals surface area contributed by atoms with Crippen LogP contribution in [0, 0.1) is 16.7 Å². The quantitative estimate of drug-likeness (QED) is 0.637. The fraction of sp³-hybridized carbons (Fsp3) is 0.929. The van der Waals surface area contributed by atoms with E-state index in [0.29, 0.717) is 10.8 Å². The molecular formula is C14H24O2. The van der Waals surface area contributed by atoms with Crippen LogP contribution in [0.3, 0.4) is 0 Å². The first-order chi connectivity index (χ1) is 7.36. The number of ether oxygens (including phenoxy) is 1. The van der Waals surface area contributed by atoms with Crippen LogP contribution in [-0.2, 0) is 9.53 Å². The summed E-state index contributed by atoms with van der Waals surface area (Å²) in [5, 5.41) is 0. The van der Waals surface area contributed by atoms with Crippen LogP contribution in [-0.4, -0.2) is 12.1 Å². The molecule has 2 bridgehead atoms.